The fourth-order valence-corrected chi connectivity index (χ4v) is 1.44. The number of carbonyl (C=O) groups is 1. The van der Waals surface area contributed by atoms with Crippen molar-refractivity contribution < 1.29 is 9.53 Å². The Bertz CT molecular complexity index is 207. The molecule has 0 spiro atoms. The molecular formula is C10H17NO2. The Kier molecular flexibility index (Phi) is 3.48. The van der Waals surface area contributed by atoms with Crippen LogP contribution in [0.25, 0.3) is 0 Å². The third-order valence-electron chi connectivity index (χ3n) is 2.37. The maximum atomic E-state index is 11.3. The Labute approximate surface area is 78.9 Å². The van der Waals surface area contributed by atoms with Crippen molar-refractivity contribution in [3.63, 3.8) is 0 Å². The van der Waals surface area contributed by atoms with Crippen LogP contribution in [0.5, 0.6) is 0 Å². The molecular weight excluding hydrogens is 166 g/mol. The van der Waals surface area contributed by atoms with Crippen LogP contribution < -0.4 is 5.73 Å². The average Bonchev–Trinajstić information content (AvgIpc) is 2.55. The van der Waals surface area contributed by atoms with Crippen molar-refractivity contribution in [3.8, 4) is 0 Å². The van der Waals surface area contributed by atoms with Gasteiger partial charge < -0.3 is 10.5 Å². The van der Waals surface area contributed by atoms with Gasteiger partial charge in [-0.05, 0) is 32.6 Å². The van der Waals surface area contributed by atoms with E-state index in [1.54, 1.807) is 6.92 Å². The molecule has 3 heteroatoms. The monoisotopic (exact) mass is 183 g/mol. The summed E-state index contributed by atoms with van der Waals surface area (Å²) in [4.78, 5) is 11.3. The van der Waals surface area contributed by atoms with E-state index in [0.29, 0.717) is 5.57 Å². The molecule has 0 radical (unpaired) electrons. The van der Waals surface area contributed by atoms with Crippen LogP contribution in [0.2, 0.25) is 0 Å². The molecule has 1 aliphatic carbocycles. The molecule has 1 fully saturated rings. The van der Waals surface area contributed by atoms with Gasteiger partial charge in [-0.15, -0.1) is 0 Å². The van der Waals surface area contributed by atoms with Crippen molar-refractivity contribution in [1.82, 2.24) is 0 Å². The van der Waals surface area contributed by atoms with Gasteiger partial charge in [-0.3, -0.25) is 0 Å². The number of rotatable bonds is 3. The fourth-order valence-electron chi connectivity index (χ4n) is 1.44. The maximum absolute atomic E-state index is 11.3. The zero-order valence-corrected chi connectivity index (χ0v) is 8.08. The summed E-state index contributed by atoms with van der Waals surface area (Å²) in [5.74, 6) is -0.334. The number of hydrogen-bond donors (Lipinski definition) is 1. The molecule has 2 N–H and O–H groups in total. The molecule has 0 bridgehead atoms. The largest absolute Gasteiger partial charge is 0.461 e. The van der Waals surface area contributed by atoms with Gasteiger partial charge in [0.25, 0.3) is 0 Å². The van der Waals surface area contributed by atoms with E-state index in [0.717, 1.165) is 25.7 Å². The number of carbonyl (C=O) groups excluding carboxylic acids is 1. The molecule has 0 amide bonds. The lowest BCUT2D eigenvalue weighted by atomic mass is 10.2. The first-order valence-corrected chi connectivity index (χ1v) is 4.72. The molecule has 0 aliphatic heterocycles. The van der Waals surface area contributed by atoms with Crippen LogP contribution >= 0.6 is 0 Å². The molecule has 74 valence electrons. The van der Waals surface area contributed by atoms with E-state index in [9.17, 15) is 4.79 Å². The minimum Gasteiger partial charge on any atom is -0.461 e. The SMILES string of the molecule is C=C(C)C(N)C(=O)OC1CCCC1. The zero-order chi connectivity index (χ0) is 9.84. The lowest BCUT2D eigenvalue weighted by molar-refractivity contribution is -0.149. The van der Waals surface area contributed by atoms with E-state index in [-0.39, 0.29) is 12.1 Å². The Morgan fingerprint density at radius 2 is 2.08 bits per heavy atom. The summed E-state index contributed by atoms with van der Waals surface area (Å²) >= 11 is 0. The van der Waals surface area contributed by atoms with Gasteiger partial charge in [-0.1, -0.05) is 12.2 Å². The fraction of sp³-hybridized carbons (Fsp3) is 0.700. The minimum absolute atomic E-state index is 0.0953. The summed E-state index contributed by atoms with van der Waals surface area (Å²) in [6.07, 6.45) is 4.36. The van der Waals surface area contributed by atoms with Gasteiger partial charge in [0.1, 0.15) is 12.1 Å². The highest BCUT2D eigenvalue weighted by molar-refractivity contribution is 5.79. The van der Waals surface area contributed by atoms with E-state index in [1.165, 1.54) is 0 Å². The number of esters is 1. The van der Waals surface area contributed by atoms with Gasteiger partial charge in [0.2, 0.25) is 0 Å². The second-order valence-corrected chi connectivity index (χ2v) is 3.67. The first kappa shape index (κ1) is 10.3. The smallest absolute Gasteiger partial charge is 0.327 e. The Morgan fingerprint density at radius 1 is 1.54 bits per heavy atom. The molecule has 13 heavy (non-hydrogen) atoms. The van der Waals surface area contributed by atoms with Crippen molar-refractivity contribution in [2.24, 2.45) is 5.73 Å². The van der Waals surface area contributed by atoms with Crippen LogP contribution in [0.1, 0.15) is 32.6 Å². The first-order chi connectivity index (χ1) is 6.11. The molecule has 1 unspecified atom stereocenters. The molecule has 0 aromatic heterocycles. The van der Waals surface area contributed by atoms with Crippen molar-refractivity contribution in [2.45, 2.75) is 44.8 Å². The Morgan fingerprint density at radius 3 is 2.54 bits per heavy atom. The van der Waals surface area contributed by atoms with Gasteiger partial charge in [-0.25, -0.2) is 4.79 Å². The third kappa shape index (κ3) is 2.84. The van der Waals surface area contributed by atoms with E-state index in [4.69, 9.17) is 10.5 Å². The predicted octanol–water partition coefficient (Wildman–Crippen LogP) is 1.38. The predicted molar refractivity (Wildman–Crippen MR) is 51.1 cm³/mol. The van der Waals surface area contributed by atoms with Crippen molar-refractivity contribution >= 4 is 5.97 Å². The lowest BCUT2D eigenvalue weighted by Gasteiger charge is -2.15. The second-order valence-electron chi connectivity index (χ2n) is 3.67. The van der Waals surface area contributed by atoms with Gasteiger partial charge in [-0.2, -0.15) is 0 Å². The van der Waals surface area contributed by atoms with Gasteiger partial charge in [0.05, 0.1) is 0 Å². The normalized spacial score (nSPS) is 19.8. The van der Waals surface area contributed by atoms with Crippen LogP contribution in [0, 0.1) is 0 Å². The van der Waals surface area contributed by atoms with E-state index >= 15 is 0 Å². The molecule has 1 rings (SSSR count). The number of hydrogen-bond acceptors (Lipinski definition) is 3. The van der Waals surface area contributed by atoms with E-state index in [1.807, 2.05) is 0 Å². The highest BCUT2D eigenvalue weighted by Crippen LogP contribution is 2.21. The Balaban J connectivity index is 2.35. The summed E-state index contributed by atoms with van der Waals surface area (Å²) in [7, 11) is 0. The van der Waals surface area contributed by atoms with E-state index < -0.39 is 6.04 Å². The Hall–Kier alpha value is -0.830. The quantitative estimate of drug-likeness (QED) is 0.531. The molecule has 0 saturated heterocycles. The molecule has 0 aromatic carbocycles. The molecule has 0 heterocycles. The third-order valence-corrected chi connectivity index (χ3v) is 2.37. The molecule has 0 aromatic rings. The van der Waals surface area contributed by atoms with Crippen LogP contribution in [-0.4, -0.2) is 18.1 Å². The van der Waals surface area contributed by atoms with Gasteiger partial charge >= 0.3 is 5.97 Å². The van der Waals surface area contributed by atoms with Gasteiger partial charge in [0.15, 0.2) is 0 Å². The molecule has 1 atom stereocenters. The van der Waals surface area contributed by atoms with Crippen molar-refractivity contribution in [3.05, 3.63) is 12.2 Å². The molecule has 1 aliphatic rings. The van der Waals surface area contributed by atoms with Crippen LogP contribution in [0.15, 0.2) is 12.2 Å². The summed E-state index contributed by atoms with van der Waals surface area (Å²) in [6.45, 7) is 5.36. The topological polar surface area (TPSA) is 52.3 Å². The summed E-state index contributed by atoms with van der Waals surface area (Å²) in [6, 6.07) is -0.652. The second kappa shape index (κ2) is 4.42. The van der Waals surface area contributed by atoms with E-state index in [2.05, 4.69) is 6.58 Å². The van der Waals surface area contributed by atoms with Crippen LogP contribution in [0.4, 0.5) is 0 Å². The standard InChI is InChI=1S/C10H17NO2/c1-7(2)9(11)10(12)13-8-5-3-4-6-8/h8-9H,1,3-6,11H2,2H3. The summed E-state index contributed by atoms with van der Waals surface area (Å²) in [5.41, 5.74) is 6.22. The van der Waals surface area contributed by atoms with Crippen molar-refractivity contribution in [2.75, 3.05) is 0 Å². The number of nitrogens with two attached hydrogens (primary N) is 1. The highest BCUT2D eigenvalue weighted by atomic mass is 16.5. The summed E-state index contributed by atoms with van der Waals surface area (Å²) in [5, 5.41) is 0. The minimum atomic E-state index is -0.652. The first-order valence-electron chi connectivity index (χ1n) is 4.72. The van der Waals surface area contributed by atoms with Crippen LogP contribution in [0.3, 0.4) is 0 Å². The van der Waals surface area contributed by atoms with Crippen molar-refractivity contribution in [1.29, 1.82) is 0 Å². The van der Waals surface area contributed by atoms with Crippen LogP contribution in [-0.2, 0) is 9.53 Å². The number of ether oxygens (including phenoxy) is 1. The summed E-state index contributed by atoms with van der Waals surface area (Å²) < 4.78 is 5.21. The average molecular weight is 183 g/mol. The maximum Gasteiger partial charge on any atom is 0.327 e. The molecule has 1 saturated carbocycles. The lowest BCUT2D eigenvalue weighted by Crippen LogP contribution is -2.35. The molecule has 3 nitrogen and oxygen atoms in total. The zero-order valence-electron chi connectivity index (χ0n) is 8.08. The van der Waals surface area contributed by atoms with Gasteiger partial charge in [0, 0.05) is 0 Å². The highest BCUT2D eigenvalue weighted by Gasteiger charge is 2.23.